The molecule has 2 fully saturated rings. The largest absolute Gasteiger partial charge is 0.333 e. The molecule has 3 atom stereocenters. The van der Waals surface area contributed by atoms with Gasteiger partial charge in [-0.05, 0) is 74.6 Å². The lowest BCUT2D eigenvalue weighted by Crippen LogP contribution is -2.39. The Morgan fingerprint density at radius 1 is 1.25 bits per heavy atom. The molecule has 3 nitrogen and oxygen atoms in total. The lowest BCUT2D eigenvalue weighted by Gasteiger charge is -2.33. The van der Waals surface area contributed by atoms with Gasteiger partial charge in [0, 0.05) is 12.5 Å². The minimum atomic E-state index is 0.331. The zero-order valence-corrected chi connectivity index (χ0v) is 14.8. The molecule has 0 spiro atoms. The van der Waals surface area contributed by atoms with Crippen LogP contribution >= 0.6 is 0 Å². The van der Waals surface area contributed by atoms with Crippen LogP contribution in [0.5, 0.6) is 0 Å². The second-order valence-electron chi connectivity index (χ2n) is 8.07. The number of nitrogens with zero attached hydrogens (tertiary/aromatic N) is 1. The average molecular weight is 326 g/mol. The maximum Gasteiger partial charge on any atom is 0.223 e. The van der Waals surface area contributed by atoms with Crippen LogP contribution in [0.4, 0.5) is 0 Å². The Morgan fingerprint density at radius 2 is 2.08 bits per heavy atom. The number of hydrogen-bond acceptors (Lipinski definition) is 2. The summed E-state index contributed by atoms with van der Waals surface area (Å²) < 4.78 is 0. The first-order valence-corrected chi connectivity index (χ1v) is 9.83. The third-order valence-corrected chi connectivity index (χ3v) is 6.30. The van der Waals surface area contributed by atoms with Crippen molar-refractivity contribution >= 4 is 5.91 Å². The number of amides is 1. The molecule has 0 aromatic heterocycles. The van der Waals surface area contributed by atoms with Gasteiger partial charge in [-0.3, -0.25) is 4.79 Å². The van der Waals surface area contributed by atoms with Crippen molar-refractivity contribution in [3.05, 3.63) is 35.4 Å². The van der Waals surface area contributed by atoms with E-state index in [0.717, 1.165) is 32.4 Å². The number of hydrogen-bond donors (Lipinski definition) is 1. The molecule has 130 valence electrons. The molecule has 1 heterocycles. The van der Waals surface area contributed by atoms with Crippen molar-refractivity contribution in [2.24, 2.45) is 11.8 Å². The second-order valence-corrected chi connectivity index (χ2v) is 8.07. The van der Waals surface area contributed by atoms with Gasteiger partial charge in [-0.2, -0.15) is 0 Å². The van der Waals surface area contributed by atoms with E-state index in [2.05, 4.69) is 41.4 Å². The number of piperidine rings is 1. The molecule has 3 heteroatoms. The SMILES string of the molecule is CC(CC(=O)N(C1CC1)C1CCc2ccccc21)C1CCCNC1. The summed E-state index contributed by atoms with van der Waals surface area (Å²) in [5.41, 5.74) is 2.86. The van der Waals surface area contributed by atoms with Gasteiger partial charge >= 0.3 is 0 Å². The van der Waals surface area contributed by atoms with Crippen LogP contribution in [0.1, 0.15) is 62.6 Å². The summed E-state index contributed by atoms with van der Waals surface area (Å²) in [5.74, 6) is 1.56. The molecule has 1 aromatic carbocycles. The van der Waals surface area contributed by atoms with Crippen LogP contribution in [0.3, 0.4) is 0 Å². The van der Waals surface area contributed by atoms with E-state index >= 15 is 0 Å². The molecule has 4 rings (SSSR count). The molecule has 1 aromatic rings. The summed E-state index contributed by atoms with van der Waals surface area (Å²) in [4.78, 5) is 15.5. The van der Waals surface area contributed by atoms with Gasteiger partial charge in [0.05, 0.1) is 6.04 Å². The maximum absolute atomic E-state index is 13.2. The molecule has 1 N–H and O–H groups in total. The highest BCUT2D eigenvalue weighted by Gasteiger charge is 2.40. The van der Waals surface area contributed by atoms with Gasteiger partial charge < -0.3 is 10.2 Å². The minimum Gasteiger partial charge on any atom is -0.333 e. The van der Waals surface area contributed by atoms with E-state index < -0.39 is 0 Å². The highest BCUT2D eigenvalue weighted by atomic mass is 16.2. The van der Waals surface area contributed by atoms with Crippen LogP contribution in [0.15, 0.2) is 24.3 Å². The number of aryl methyl sites for hydroxylation is 1. The Kier molecular flexibility index (Phi) is 4.62. The van der Waals surface area contributed by atoms with Crippen molar-refractivity contribution in [1.29, 1.82) is 0 Å². The number of carbonyl (C=O) groups excluding carboxylic acids is 1. The lowest BCUT2D eigenvalue weighted by molar-refractivity contribution is -0.135. The zero-order chi connectivity index (χ0) is 16.5. The van der Waals surface area contributed by atoms with Gasteiger partial charge in [-0.1, -0.05) is 31.2 Å². The first kappa shape index (κ1) is 16.1. The fourth-order valence-corrected chi connectivity index (χ4v) is 4.72. The summed E-state index contributed by atoms with van der Waals surface area (Å²) in [5, 5.41) is 3.50. The van der Waals surface area contributed by atoms with Crippen LogP contribution in [-0.4, -0.2) is 29.9 Å². The normalized spacial score (nSPS) is 27.5. The first-order chi connectivity index (χ1) is 11.7. The number of rotatable bonds is 5. The number of fused-ring (bicyclic) bond motifs is 1. The quantitative estimate of drug-likeness (QED) is 0.895. The number of benzene rings is 1. The third kappa shape index (κ3) is 3.23. The lowest BCUT2D eigenvalue weighted by atomic mass is 9.85. The van der Waals surface area contributed by atoms with E-state index in [0.29, 0.717) is 29.8 Å². The second kappa shape index (κ2) is 6.87. The van der Waals surface area contributed by atoms with Crippen molar-refractivity contribution in [1.82, 2.24) is 10.2 Å². The fraction of sp³-hybridized carbons (Fsp3) is 0.667. The monoisotopic (exact) mass is 326 g/mol. The van der Waals surface area contributed by atoms with E-state index in [1.165, 1.54) is 36.8 Å². The number of carbonyl (C=O) groups is 1. The zero-order valence-electron chi connectivity index (χ0n) is 14.8. The van der Waals surface area contributed by atoms with Crippen LogP contribution in [0, 0.1) is 11.8 Å². The minimum absolute atomic E-state index is 0.331. The van der Waals surface area contributed by atoms with Crippen molar-refractivity contribution in [2.45, 2.75) is 64.0 Å². The van der Waals surface area contributed by atoms with Gasteiger partial charge in [0.1, 0.15) is 0 Å². The molecule has 3 aliphatic rings. The van der Waals surface area contributed by atoms with Gasteiger partial charge in [0.15, 0.2) is 0 Å². The van der Waals surface area contributed by atoms with Crippen LogP contribution in [-0.2, 0) is 11.2 Å². The first-order valence-electron chi connectivity index (χ1n) is 9.83. The number of nitrogens with one attached hydrogen (secondary N) is 1. The molecule has 0 bridgehead atoms. The van der Waals surface area contributed by atoms with Gasteiger partial charge in [0.25, 0.3) is 0 Å². The maximum atomic E-state index is 13.2. The molecule has 1 amide bonds. The molecular weight excluding hydrogens is 296 g/mol. The van der Waals surface area contributed by atoms with E-state index in [1.54, 1.807) is 0 Å². The van der Waals surface area contributed by atoms with Gasteiger partial charge in [-0.25, -0.2) is 0 Å². The predicted molar refractivity (Wildman–Crippen MR) is 96.7 cm³/mol. The Balaban J connectivity index is 1.46. The standard InChI is InChI=1S/C21H30N2O/c1-15(17-6-4-12-22-14-17)13-21(24)23(18-9-10-18)20-11-8-16-5-2-3-7-19(16)20/h2-3,5,7,15,17-18,20,22H,4,6,8-14H2,1H3. The molecule has 1 aliphatic heterocycles. The molecule has 3 unspecified atom stereocenters. The Bertz CT molecular complexity index is 589. The highest BCUT2D eigenvalue weighted by molar-refractivity contribution is 5.78. The summed E-state index contributed by atoms with van der Waals surface area (Å²) in [6.45, 7) is 4.51. The van der Waals surface area contributed by atoms with Crippen molar-refractivity contribution in [3.63, 3.8) is 0 Å². The molecule has 1 saturated carbocycles. The van der Waals surface area contributed by atoms with E-state index in [9.17, 15) is 4.79 Å². The fourth-order valence-electron chi connectivity index (χ4n) is 4.72. The molecule has 24 heavy (non-hydrogen) atoms. The van der Waals surface area contributed by atoms with Gasteiger partial charge in [0.2, 0.25) is 5.91 Å². The van der Waals surface area contributed by atoms with Crippen molar-refractivity contribution in [2.75, 3.05) is 13.1 Å². The summed E-state index contributed by atoms with van der Waals surface area (Å²) in [7, 11) is 0. The van der Waals surface area contributed by atoms with Crippen molar-refractivity contribution in [3.8, 4) is 0 Å². The molecule has 0 radical (unpaired) electrons. The van der Waals surface area contributed by atoms with Crippen LogP contribution in [0.2, 0.25) is 0 Å². The third-order valence-electron chi connectivity index (χ3n) is 6.30. The van der Waals surface area contributed by atoms with Gasteiger partial charge in [-0.15, -0.1) is 0 Å². The smallest absolute Gasteiger partial charge is 0.223 e. The van der Waals surface area contributed by atoms with E-state index in [1.807, 2.05) is 0 Å². The summed E-state index contributed by atoms with van der Waals surface area (Å²) >= 11 is 0. The summed E-state index contributed by atoms with van der Waals surface area (Å²) in [6, 6.07) is 9.57. The Labute approximate surface area is 145 Å². The summed E-state index contributed by atoms with van der Waals surface area (Å²) in [6.07, 6.45) is 7.89. The van der Waals surface area contributed by atoms with Crippen molar-refractivity contribution < 1.29 is 4.79 Å². The van der Waals surface area contributed by atoms with E-state index in [4.69, 9.17) is 0 Å². The van der Waals surface area contributed by atoms with E-state index in [-0.39, 0.29) is 0 Å². The predicted octanol–water partition coefficient (Wildman–Crippen LogP) is 3.69. The topological polar surface area (TPSA) is 32.3 Å². The molecule has 1 saturated heterocycles. The van der Waals surface area contributed by atoms with Crippen LogP contribution < -0.4 is 5.32 Å². The highest BCUT2D eigenvalue weighted by Crippen LogP contribution is 2.42. The van der Waals surface area contributed by atoms with Crippen LogP contribution in [0.25, 0.3) is 0 Å². The molecular formula is C21H30N2O. The average Bonchev–Trinajstić information content (AvgIpc) is 3.36. The molecule has 2 aliphatic carbocycles. The Hall–Kier alpha value is -1.35. The Morgan fingerprint density at radius 3 is 2.83 bits per heavy atom.